The zero-order valence-corrected chi connectivity index (χ0v) is 8.74. The predicted molar refractivity (Wildman–Crippen MR) is 51.3 cm³/mol. The first kappa shape index (κ1) is 13.7. The molecule has 0 unspecified atom stereocenters. The Morgan fingerprint density at radius 3 is 1.88 bits per heavy atom. The van der Waals surface area contributed by atoms with E-state index in [1.165, 1.54) is 0 Å². The minimum Gasteiger partial charge on any atom is -0.312 e. The molecule has 94 valence electrons. The standard InChI is InChI=1S/C9H5ClF5NO/c10-7(17)16-6-3-1-5(2-4-6)8(11,12)9(13,14)15/h1-4H,(H,16,17). The van der Waals surface area contributed by atoms with E-state index in [4.69, 9.17) is 11.6 Å². The lowest BCUT2D eigenvalue weighted by Gasteiger charge is -2.19. The van der Waals surface area contributed by atoms with Gasteiger partial charge >= 0.3 is 17.5 Å². The molecule has 17 heavy (non-hydrogen) atoms. The number of halogens is 6. The number of alkyl halides is 5. The fraction of sp³-hybridized carbons (Fsp3) is 0.222. The number of carbonyl (C=O) groups is 1. The quantitative estimate of drug-likeness (QED) is 0.490. The van der Waals surface area contributed by atoms with Crippen LogP contribution < -0.4 is 5.32 Å². The Hall–Kier alpha value is -1.37. The van der Waals surface area contributed by atoms with Gasteiger partial charge in [0.2, 0.25) is 0 Å². The zero-order chi connectivity index (χ0) is 13.3. The summed E-state index contributed by atoms with van der Waals surface area (Å²) in [6.07, 6.45) is -5.66. The van der Waals surface area contributed by atoms with Crippen LogP contribution in [0.15, 0.2) is 24.3 Å². The highest BCUT2D eigenvalue weighted by Crippen LogP contribution is 2.43. The molecule has 0 bridgehead atoms. The van der Waals surface area contributed by atoms with Crippen LogP contribution in [-0.2, 0) is 5.92 Å². The van der Waals surface area contributed by atoms with Gasteiger partial charge in [0.15, 0.2) is 0 Å². The molecular formula is C9H5ClF5NO. The summed E-state index contributed by atoms with van der Waals surface area (Å²) in [6, 6.07) is 2.93. The van der Waals surface area contributed by atoms with Crippen molar-refractivity contribution in [2.75, 3.05) is 5.32 Å². The average Bonchev–Trinajstić information content (AvgIpc) is 2.15. The van der Waals surface area contributed by atoms with Crippen molar-refractivity contribution in [3.05, 3.63) is 29.8 Å². The van der Waals surface area contributed by atoms with E-state index in [-0.39, 0.29) is 5.69 Å². The third kappa shape index (κ3) is 3.06. The minimum absolute atomic E-state index is 0.0201. The summed E-state index contributed by atoms with van der Waals surface area (Å²) < 4.78 is 61.6. The molecule has 0 spiro atoms. The van der Waals surface area contributed by atoms with E-state index >= 15 is 0 Å². The first-order chi connectivity index (χ1) is 7.64. The lowest BCUT2D eigenvalue weighted by molar-refractivity contribution is -0.289. The number of nitrogens with one attached hydrogen (secondary N) is 1. The maximum atomic E-state index is 12.8. The van der Waals surface area contributed by atoms with E-state index in [2.05, 4.69) is 0 Å². The first-order valence-corrected chi connectivity index (χ1v) is 4.54. The summed E-state index contributed by atoms with van der Waals surface area (Å²) in [7, 11) is 0. The van der Waals surface area contributed by atoms with Gasteiger partial charge in [-0.15, -0.1) is 0 Å². The van der Waals surface area contributed by atoms with E-state index in [1.807, 2.05) is 5.32 Å². The highest BCUT2D eigenvalue weighted by atomic mass is 35.5. The van der Waals surface area contributed by atoms with E-state index in [1.54, 1.807) is 0 Å². The summed E-state index contributed by atoms with van der Waals surface area (Å²) in [5.74, 6) is -4.93. The molecule has 0 radical (unpaired) electrons. The number of benzene rings is 1. The van der Waals surface area contributed by atoms with Crippen molar-refractivity contribution < 1.29 is 26.7 Å². The number of hydrogen-bond donors (Lipinski definition) is 1. The van der Waals surface area contributed by atoms with Crippen molar-refractivity contribution in [3.63, 3.8) is 0 Å². The van der Waals surface area contributed by atoms with Gasteiger partial charge in [-0.2, -0.15) is 22.0 Å². The van der Waals surface area contributed by atoms with Gasteiger partial charge in [-0.05, 0) is 23.7 Å². The smallest absolute Gasteiger partial charge is 0.312 e. The number of hydrogen-bond acceptors (Lipinski definition) is 1. The van der Waals surface area contributed by atoms with Crippen LogP contribution in [0.3, 0.4) is 0 Å². The number of anilines is 1. The van der Waals surface area contributed by atoms with Crippen LogP contribution in [0.4, 0.5) is 32.4 Å². The Morgan fingerprint density at radius 2 is 1.53 bits per heavy atom. The Labute approximate surface area is 97.4 Å². The Kier molecular flexibility index (Phi) is 3.61. The van der Waals surface area contributed by atoms with Crippen molar-refractivity contribution in [1.82, 2.24) is 0 Å². The molecule has 1 rings (SSSR count). The maximum Gasteiger partial charge on any atom is 0.458 e. The molecule has 0 aliphatic rings. The molecule has 0 aliphatic carbocycles. The molecule has 0 aromatic heterocycles. The summed E-state index contributed by atoms with van der Waals surface area (Å²) in [5.41, 5.74) is -1.19. The second kappa shape index (κ2) is 4.48. The van der Waals surface area contributed by atoms with E-state index in [0.717, 1.165) is 12.1 Å². The van der Waals surface area contributed by atoms with E-state index < -0.39 is 23.0 Å². The third-order valence-electron chi connectivity index (χ3n) is 1.85. The van der Waals surface area contributed by atoms with Crippen molar-refractivity contribution in [3.8, 4) is 0 Å². The van der Waals surface area contributed by atoms with Crippen LogP contribution in [0, 0.1) is 0 Å². The molecule has 1 aromatic carbocycles. The highest BCUT2D eigenvalue weighted by molar-refractivity contribution is 6.65. The van der Waals surface area contributed by atoms with Crippen LogP contribution >= 0.6 is 11.6 Å². The molecule has 0 saturated carbocycles. The minimum atomic E-state index is -5.66. The molecule has 0 fully saturated rings. The van der Waals surface area contributed by atoms with Crippen LogP contribution in [0.1, 0.15) is 5.56 Å². The van der Waals surface area contributed by atoms with E-state index in [9.17, 15) is 26.7 Å². The normalized spacial score (nSPS) is 12.4. The molecule has 0 atom stereocenters. The predicted octanol–water partition coefficient (Wildman–Crippen LogP) is 4.11. The first-order valence-electron chi connectivity index (χ1n) is 4.16. The maximum absolute atomic E-state index is 12.8. The van der Waals surface area contributed by atoms with Gasteiger partial charge in [-0.1, -0.05) is 12.1 Å². The highest BCUT2D eigenvalue weighted by Gasteiger charge is 2.58. The van der Waals surface area contributed by atoms with Gasteiger partial charge in [0, 0.05) is 11.3 Å². The number of rotatable bonds is 2. The monoisotopic (exact) mass is 273 g/mol. The fourth-order valence-corrected chi connectivity index (χ4v) is 1.15. The molecular weight excluding hydrogens is 269 g/mol. The largest absolute Gasteiger partial charge is 0.458 e. The fourth-order valence-electron chi connectivity index (χ4n) is 1.04. The lowest BCUT2D eigenvalue weighted by Crippen LogP contribution is -2.33. The number of amides is 1. The van der Waals surface area contributed by atoms with Crippen LogP contribution in [-0.4, -0.2) is 11.5 Å². The van der Waals surface area contributed by atoms with Crippen LogP contribution in [0.25, 0.3) is 0 Å². The van der Waals surface area contributed by atoms with Crippen molar-refractivity contribution in [2.45, 2.75) is 12.1 Å². The lowest BCUT2D eigenvalue weighted by atomic mass is 10.1. The Bertz CT molecular complexity index is 414. The van der Waals surface area contributed by atoms with Gasteiger partial charge in [0.05, 0.1) is 0 Å². The van der Waals surface area contributed by atoms with Crippen molar-refractivity contribution in [1.29, 1.82) is 0 Å². The third-order valence-corrected chi connectivity index (χ3v) is 1.94. The van der Waals surface area contributed by atoms with Gasteiger partial charge in [0.1, 0.15) is 0 Å². The molecule has 0 saturated heterocycles. The molecule has 1 aromatic rings. The molecule has 1 N–H and O–H groups in total. The zero-order valence-electron chi connectivity index (χ0n) is 7.99. The molecule has 8 heteroatoms. The summed E-state index contributed by atoms with van der Waals surface area (Å²) in [6.45, 7) is 0. The second-order valence-corrected chi connectivity index (χ2v) is 3.39. The number of carbonyl (C=O) groups excluding carboxylic acids is 1. The molecule has 1 amide bonds. The van der Waals surface area contributed by atoms with Crippen molar-refractivity contribution >= 4 is 22.7 Å². The Balaban J connectivity index is 2.99. The molecule has 0 aliphatic heterocycles. The van der Waals surface area contributed by atoms with Crippen LogP contribution in [0.5, 0.6) is 0 Å². The molecule has 2 nitrogen and oxygen atoms in total. The van der Waals surface area contributed by atoms with Crippen molar-refractivity contribution in [2.24, 2.45) is 0 Å². The molecule has 0 heterocycles. The topological polar surface area (TPSA) is 29.1 Å². The summed E-state index contributed by atoms with van der Waals surface area (Å²) >= 11 is 4.94. The van der Waals surface area contributed by atoms with Crippen LogP contribution in [0.2, 0.25) is 0 Å². The summed E-state index contributed by atoms with van der Waals surface area (Å²) in [5, 5.41) is 1.05. The second-order valence-electron chi connectivity index (χ2n) is 3.05. The Morgan fingerprint density at radius 1 is 1.06 bits per heavy atom. The van der Waals surface area contributed by atoms with Gasteiger partial charge in [0.25, 0.3) is 0 Å². The van der Waals surface area contributed by atoms with E-state index in [0.29, 0.717) is 12.1 Å². The summed E-state index contributed by atoms with van der Waals surface area (Å²) in [4.78, 5) is 10.4. The average molecular weight is 274 g/mol. The van der Waals surface area contributed by atoms with Gasteiger partial charge < -0.3 is 5.32 Å². The van der Waals surface area contributed by atoms with Gasteiger partial charge in [-0.3, -0.25) is 4.79 Å². The van der Waals surface area contributed by atoms with Gasteiger partial charge in [-0.25, -0.2) is 0 Å². The SMILES string of the molecule is O=C(Cl)Nc1ccc(C(F)(F)C(F)(F)F)cc1.